The fraction of sp³-hybridized carbons (Fsp3) is 0.947. The summed E-state index contributed by atoms with van der Waals surface area (Å²) in [6, 6.07) is 0. The van der Waals surface area contributed by atoms with Gasteiger partial charge in [-0.15, -0.1) is 11.6 Å². The van der Waals surface area contributed by atoms with Gasteiger partial charge < -0.3 is 19.5 Å². The van der Waals surface area contributed by atoms with Crippen molar-refractivity contribution in [2.45, 2.75) is 67.5 Å². The number of thioether (sulfide) groups is 1. The normalized spacial score (nSPS) is 42.7. The van der Waals surface area contributed by atoms with E-state index in [1.165, 1.54) is 12.2 Å². The molecule has 6 unspecified atom stereocenters. The van der Waals surface area contributed by atoms with E-state index in [0.29, 0.717) is 37.3 Å². The lowest BCUT2D eigenvalue weighted by Crippen LogP contribution is -2.49. The van der Waals surface area contributed by atoms with Crippen LogP contribution < -0.4 is 5.32 Å². The Balaban J connectivity index is 1.18. The molecule has 148 valence electrons. The first-order chi connectivity index (χ1) is 12.7. The summed E-state index contributed by atoms with van der Waals surface area (Å²) in [4.78, 5) is 12.4. The van der Waals surface area contributed by atoms with Gasteiger partial charge in [-0.2, -0.15) is 11.8 Å². The molecule has 3 saturated heterocycles. The Kier molecular flexibility index (Phi) is 6.68. The van der Waals surface area contributed by atoms with Crippen LogP contribution in [-0.4, -0.2) is 67.0 Å². The minimum Gasteiger partial charge on any atom is -0.377 e. The highest BCUT2D eigenvalue weighted by molar-refractivity contribution is 8.00. The van der Waals surface area contributed by atoms with Crippen molar-refractivity contribution in [3.05, 3.63) is 0 Å². The largest absolute Gasteiger partial charge is 0.377 e. The predicted molar refractivity (Wildman–Crippen MR) is 103 cm³/mol. The van der Waals surface area contributed by atoms with E-state index in [0.717, 1.165) is 38.2 Å². The fourth-order valence-corrected chi connectivity index (χ4v) is 7.06. The summed E-state index contributed by atoms with van der Waals surface area (Å²) in [5, 5.41) is 3.63. The first kappa shape index (κ1) is 19.3. The molecule has 3 aliphatic heterocycles. The van der Waals surface area contributed by atoms with Gasteiger partial charge in [-0.1, -0.05) is 0 Å². The topological polar surface area (TPSA) is 56.8 Å². The molecule has 1 aliphatic carbocycles. The van der Waals surface area contributed by atoms with Crippen LogP contribution >= 0.6 is 23.4 Å². The standard InChI is InChI=1S/C19H30ClNO4S/c20-14-9-12(10-15-18(14)25-7-6-24-15)1-4-21-17(22)11-16-19-13(2-5-23-16)3-8-26-19/h12-16,18-19H,1-11H2,(H,21,22)/t12?,13?,14?,15?,16-,18?,19?/m0/s1. The van der Waals surface area contributed by atoms with Crippen LogP contribution in [0.5, 0.6) is 0 Å². The molecule has 0 aromatic carbocycles. The Morgan fingerprint density at radius 2 is 2.00 bits per heavy atom. The zero-order valence-electron chi connectivity index (χ0n) is 15.2. The van der Waals surface area contributed by atoms with Crippen LogP contribution in [-0.2, 0) is 19.0 Å². The number of nitrogens with one attached hydrogen (secondary N) is 1. The molecule has 7 heteroatoms. The van der Waals surface area contributed by atoms with Gasteiger partial charge in [0, 0.05) is 18.4 Å². The number of amides is 1. The summed E-state index contributed by atoms with van der Waals surface area (Å²) in [5.74, 6) is 2.57. The smallest absolute Gasteiger partial charge is 0.222 e. The molecule has 0 aromatic rings. The van der Waals surface area contributed by atoms with E-state index in [1.807, 2.05) is 11.8 Å². The number of carbonyl (C=O) groups excluding carboxylic acids is 1. The van der Waals surface area contributed by atoms with Crippen LogP contribution in [0.3, 0.4) is 0 Å². The second-order valence-electron chi connectivity index (χ2n) is 8.02. The van der Waals surface area contributed by atoms with Crippen molar-refractivity contribution in [1.29, 1.82) is 0 Å². The SMILES string of the molecule is O=C(C[C@@H]1OCCC2CCSC21)NCCC1CC(Cl)C2OCCOC2C1. The van der Waals surface area contributed by atoms with E-state index in [-0.39, 0.29) is 29.6 Å². The van der Waals surface area contributed by atoms with Crippen molar-refractivity contribution in [1.82, 2.24) is 5.32 Å². The molecule has 4 fully saturated rings. The number of alkyl halides is 1. The number of rotatable bonds is 5. The summed E-state index contributed by atoms with van der Waals surface area (Å²) < 4.78 is 17.5. The van der Waals surface area contributed by atoms with Crippen molar-refractivity contribution < 1.29 is 19.0 Å². The summed E-state index contributed by atoms with van der Waals surface area (Å²) in [6.45, 7) is 2.83. The zero-order chi connectivity index (χ0) is 17.9. The zero-order valence-corrected chi connectivity index (χ0v) is 16.8. The molecule has 0 spiro atoms. The molecule has 4 aliphatic rings. The van der Waals surface area contributed by atoms with Crippen molar-refractivity contribution in [2.24, 2.45) is 11.8 Å². The van der Waals surface area contributed by atoms with E-state index in [2.05, 4.69) is 5.32 Å². The summed E-state index contributed by atoms with van der Waals surface area (Å²) >= 11 is 8.48. The third kappa shape index (κ3) is 4.52. The highest BCUT2D eigenvalue weighted by atomic mass is 35.5. The summed E-state index contributed by atoms with van der Waals surface area (Å²) in [7, 11) is 0. The van der Waals surface area contributed by atoms with Crippen molar-refractivity contribution in [2.75, 3.05) is 32.1 Å². The van der Waals surface area contributed by atoms with Crippen LogP contribution in [0.15, 0.2) is 0 Å². The lowest BCUT2D eigenvalue weighted by atomic mass is 9.82. The van der Waals surface area contributed by atoms with Crippen LogP contribution in [0.2, 0.25) is 0 Å². The Morgan fingerprint density at radius 3 is 2.92 bits per heavy atom. The number of halogens is 1. The number of fused-ring (bicyclic) bond motifs is 2. The number of hydrogen-bond acceptors (Lipinski definition) is 5. The summed E-state index contributed by atoms with van der Waals surface area (Å²) in [5.41, 5.74) is 0. The second-order valence-corrected chi connectivity index (χ2v) is 9.87. The quantitative estimate of drug-likeness (QED) is 0.715. The molecule has 0 aromatic heterocycles. The molecule has 7 atom stereocenters. The molecule has 0 bridgehead atoms. The van der Waals surface area contributed by atoms with Crippen molar-refractivity contribution in [3.63, 3.8) is 0 Å². The average molecular weight is 404 g/mol. The predicted octanol–water partition coefficient (Wildman–Crippen LogP) is 2.59. The van der Waals surface area contributed by atoms with Gasteiger partial charge in [-0.3, -0.25) is 4.79 Å². The molecular weight excluding hydrogens is 374 g/mol. The summed E-state index contributed by atoms with van der Waals surface area (Å²) in [6.07, 6.45) is 6.06. The molecule has 4 rings (SSSR count). The molecule has 3 heterocycles. The van der Waals surface area contributed by atoms with Crippen LogP contribution in [0.4, 0.5) is 0 Å². The van der Waals surface area contributed by atoms with Crippen molar-refractivity contribution in [3.8, 4) is 0 Å². The number of ether oxygens (including phenoxy) is 3. The van der Waals surface area contributed by atoms with E-state index in [9.17, 15) is 4.79 Å². The van der Waals surface area contributed by atoms with Gasteiger partial charge in [0.1, 0.15) is 6.10 Å². The van der Waals surface area contributed by atoms with Gasteiger partial charge in [-0.25, -0.2) is 0 Å². The minimum absolute atomic E-state index is 0.0155. The van der Waals surface area contributed by atoms with E-state index < -0.39 is 0 Å². The maximum atomic E-state index is 12.4. The van der Waals surface area contributed by atoms with E-state index in [1.54, 1.807) is 0 Å². The molecule has 5 nitrogen and oxygen atoms in total. The molecule has 1 saturated carbocycles. The Morgan fingerprint density at radius 1 is 1.12 bits per heavy atom. The number of hydrogen-bond donors (Lipinski definition) is 1. The van der Waals surface area contributed by atoms with Crippen LogP contribution in [0.1, 0.15) is 38.5 Å². The second kappa shape index (κ2) is 8.99. The van der Waals surface area contributed by atoms with Gasteiger partial charge in [0.15, 0.2) is 0 Å². The lowest BCUT2D eigenvalue weighted by molar-refractivity contribution is -0.159. The first-order valence-electron chi connectivity index (χ1n) is 10.1. The lowest BCUT2D eigenvalue weighted by Gasteiger charge is -2.41. The molecule has 1 amide bonds. The van der Waals surface area contributed by atoms with E-state index in [4.69, 9.17) is 25.8 Å². The van der Waals surface area contributed by atoms with Gasteiger partial charge in [0.05, 0.1) is 37.2 Å². The van der Waals surface area contributed by atoms with E-state index >= 15 is 0 Å². The molecule has 26 heavy (non-hydrogen) atoms. The highest BCUT2D eigenvalue weighted by Crippen LogP contribution is 2.41. The maximum absolute atomic E-state index is 12.4. The van der Waals surface area contributed by atoms with Crippen molar-refractivity contribution >= 4 is 29.3 Å². The monoisotopic (exact) mass is 403 g/mol. The Labute approximate surface area is 165 Å². The van der Waals surface area contributed by atoms with Gasteiger partial charge in [-0.05, 0) is 49.7 Å². The highest BCUT2D eigenvalue weighted by Gasteiger charge is 2.40. The Hall–Kier alpha value is -0.0100. The third-order valence-electron chi connectivity index (χ3n) is 6.28. The minimum atomic E-state index is 0.0155. The third-order valence-corrected chi connectivity index (χ3v) is 8.26. The number of carbonyl (C=O) groups is 1. The average Bonchev–Trinajstić information content (AvgIpc) is 3.12. The fourth-order valence-electron chi connectivity index (χ4n) is 4.93. The van der Waals surface area contributed by atoms with Crippen LogP contribution in [0, 0.1) is 11.8 Å². The molecular formula is C19H30ClNO4S. The molecule has 0 radical (unpaired) electrons. The maximum Gasteiger partial charge on any atom is 0.222 e. The van der Waals surface area contributed by atoms with Gasteiger partial charge in [0.25, 0.3) is 0 Å². The van der Waals surface area contributed by atoms with Crippen LogP contribution in [0.25, 0.3) is 0 Å². The Bertz CT molecular complexity index is 496. The molecule has 1 N–H and O–H groups in total. The van der Waals surface area contributed by atoms with Gasteiger partial charge >= 0.3 is 0 Å². The van der Waals surface area contributed by atoms with Gasteiger partial charge in [0.2, 0.25) is 5.91 Å². The first-order valence-corrected chi connectivity index (χ1v) is 11.6.